The lowest BCUT2D eigenvalue weighted by Gasteiger charge is -2.06. The van der Waals surface area contributed by atoms with Gasteiger partial charge in [-0.3, -0.25) is 0 Å². The van der Waals surface area contributed by atoms with Crippen LogP contribution >= 0.6 is 0 Å². The monoisotopic (exact) mass is 201 g/mol. The fourth-order valence-corrected chi connectivity index (χ4v) is 1.12. The van der Waals surface area contributed by atoms with Gasteiger partial charge in [0, 0.05) is 0 Å². The van der Waals surface area contributed by atoms with Crippen molar-refractivity contribution in [2.75, 3.05) is 6.61 Å². The Kier molecular flexibility index (Phi) is 7.48. The number of esters is 1. The van der Waals surface area contributed by atoms with Crippen LogP contribution in [0.2, 0.25) is 0 Å². The molecule has 0 N–H and O–H groups in total. The summed E-state index contributed by atoms with van der Waals surface area (Å²) in [6, 6.07) is 0. The van der Waals surface area contributed by atoms with E-state index >= 15 is 0 Å². The van der Waals surface area contributed by atoms with Crippen LogP contribution in [-0.2, 0) is 14.6 Å². The first-order valence-electron chi connectivity index (χ1n) is 5.36. The number of rotatable bonds is 7. The molecule has 1 radical (unpaired) electrons. The minimum absolute atomic E-state index is 0.392. The van der Waals surface area contributed by atoms with Crippen molar-refractivity contribution in [3.8, 4) is 0 Å². The maximum Gasteiger partial charge on any atom is 0.338 e. The summed E-state index contributed by atoms with van der Waals surface area (Å²) in [6.07, 6.45) is 3.07. The summed E-state index contributed by atoms with van der Waals surface area (Å²) in [4.78, 5) is 10.7. The highest BCUT2D eigenvalue weighted by Gasteiger charge is 2.10. The maximum absolute atomic E-state index is 10.7. The number of hydrogen-bond donors (Lipinski definition) is 0. The normalized spacial score (nSPS) is 12.9. The molecule has 1 unspecified atom stereocenters. The fraction of sp³-hybridized carbons (Fsp3) is 0.909. The van der Waals surface area contributed by atoms with Gasteiger partial charge in [0.25, 0.3) is 0 Å². The van der Waals surface area contributed by atoms with Crippen molar-refractivity contribution in [2.24, 2.45) is 5.92 Å². The molecule has 0 aromatic heterocycles. The highest BCUT2D eigenvalue weighted by Crippen LogP contribution is 2.07. The molecule has 0 aliphatic rings. The van der Waals surface area contributed by atoms with E-state index in [9.17, 15) is 9.90 Å². The van der Waals surface area contributed by atoms with Gasteiger partial charge in [-0.2, -0.15) is 0 Å². The lowest BCUT2D eigenvalue weighted by atomic mass is 10.1. The van der Waals surface area contributed by atoms with E-state index in [2.05, 4.69) is 13.8 Å². The number of hydrogen-bond acceptors (Lipinski definition) is 2. The van der Waals surface area contributed by atoms with Crippen LogP contribution in [0, 0.1) is 5.92 Å². The van der Waals surface area contributed by atoms with E-state index in [4.69, 9.17) is 4.74 Å². The first kappa shape index (κ1) is 13.4. The summed E-state index contributed by atoms with van der Waals surface area (Å²) < 4.78 is 4.76. The zero-order valence-electron chi connectivity index (χ0n) is 9.41. The molecular weight excluding hydrogens is 180 g/mol. The van der Waals surface area contributed by atoms with E-state index in [0.717, 1.165) is 18.8 Å². The van der Waals surface area contributed by atoms with Crippen molar-refractivity contribution in [3.05, 3.63) is 0 Å². The van der Waals surface area contributed by atoms with Gasteiger partial charge in [0.15, 0.2) is 6.10 Å². The third-order valence-corrected chi connectivity index (χ3v) is 2.00. The Bertz CT molecular complexity index is 153. The Balaban J connectivity index is 3.18. The van der Waals surface area contributed by atoms with Gasteiger partial charge in [-0.25, -0.2) is 9.90 Å². The van der Waals surface area contributed by atoms with Crippen LogP contribution in [0.1, 0.15) is 46.5 Å². The van der Waals surface area contributed by atoms with Gasteiger partial charge in [0.1, 0.15) is 0 Å². The van der Waals surface area contributed by atoms with E-state index in [-0.39, 0.29) is 0 Å². The van der Waals surface area contributed by atoms with Crippen LogP contribution < -0.4 is 0 Å². The van der Waals surface area contributed by atoms with Crippen molar-refractivity contribution in [1.82, 2.24) is 0 Å². The van der Waals surface area contributed by atoms with Crippen molar-refractivity contribution in [2.45, 2.75) is 52.6 Å². The van der Waals surface area contributed by atoms with Crippen LogP contribution in [0.25, 0.3) is 0 Å². The maximum atomic E-state index is 10.7. The molecule has 0 amide bonds. The third kappa shape index (κ3) is 8.05. The highest BCUT2D eigenvalue weighted by molar-refractivity contribution is 5.73. The molecule has 0 saturated carbocycles. The second-order valence-electron chi connectivity index (χ2n) is 4.05. The smallest absolute Gasteiger partial charge is 0.338 e. The summed E-state index contributed by atoms with van der Waals surface area (Å²) >= 11 is 0. The molecule has 0 bridgehead atoms. The molecule has 0 aromatic rings. The summed E-state index contributed by atoms with van der Waals surface area (Å²) in [7, 11) is 0. The topological polar surface area (TPSA) is 46.2 Å². The van der Waals surface area contributed by atoms with Crippen molar-refractivity contribution in [1.29, 1.82) is 0 Å². The quantitative estimate of drug-likeness (QED) is 0.469. The number of ether oxygens (including phenoxy) is 1. The summed E-state index contributed by atoms with van der Waals surface area (Å²) in [6.45, 7) is 6.09. The molecule has 14 heavy (non-hydrogen) atoms. The van der Waals surface area contributed by atoms with E-state index in [1.165, 1.54) is 19.8 Å². The van der Waals surface area contributed by atoms with Gasteiger partial charge < -0.3 is 4.74 Å². The van der Waals surface area contributed by atoms with Crippen molar-refractivity contribution in [3.63, 3.8) is 0 Å². The van der Waals surface area contributed by atoms with E-state index in [1.807, 2.05) is 0 Å². The molecule has 3 heteroatoms. The standard InChI is InChI=1S/C11H21O3/c1-9(2)7-5-4-6-8-14-11(13)10(3)12/h9-10H,4-8H2,1-3H3. The number of unbranched alkanes of at least 4 members (excludes halogenated alkanes) is 2. The van der Waals surface area contributed by atoms with Gasteiger partial charge in [-0.15, -0.1) is 0 Å². The predicted molar refractivity (Wildman–Crippen MR) is 54.4 cm³/mol. The summed E-state index contributed by atoms with van der Waals surface area (Å²) in [5.41, 5.74) is 0. The Labute approximate surface area is 86.5 Å². The molecule has 0 saturated heterocycles. The Morgan fingerprint density at radius 2 is 1.79 bits per heavy atom. The highest BCUT2D eigenvalue weighted by atomic mass is 16.5. The lowest BCUT2D eigenvalue weighted by molar-refractivity contribution is -0.156. The van der Waals surface area contributed by atoms with E-state index < -0.39 is 12.1 Å². The average molecular weight is 201 g/mol. The van der Waals surface area contributed by atoms with Crippen LogP contribution in [0.5, 0.6) is 0 Å². The minimum Gasteiger partial charge on any atom is -0.464 e. The number of carbonyl (C=O) groups is 1. The van der Waals surface area contributed by atoms with Crippen molar-refractivity contribution < 1.29 is 14.6 Å². The lowest BCUT2D eigenvalue weighted by Crippen LogP contribution is -2.18. The van der Waals surface area contributed by atoms with Gasteiger partial charge in [0.2, 0.25) is 0 Å². The first-order valence-corrected chi connectivity index (χ1v) is 5.36. The second kappa shape index (κ2) is 7.80. The molecule has 1 atom stereocenters. The predicted octanol–water partition coefficient (Wildman–Crippen LogP) is 2.57. The fourth-order valence-electron chi connectivity index (χ4n) is 1.12. The first-order chi connectivity index (χ1) is 6.54. The zero-order valence-corrected chi connectivity index (χ0v) is 9.41. The Hall–Kier alpha value is -0.570. The minimum atomic E-state index is -1.24. The molecule has 0 fully saturated rings. The van der Waals surface area contributed by atoms with Gasteiger partial charge in [-0.1, -0.05) is 33.1 Å². The largest absolute Gasteiger partial charge is 0.464 e. The summed E-state index contributed by atoms with van der Waals surface area (Å²) in [5.74, 6) is 0.105. The molecule has 0 spiro atoms. The molecule has 0 heterocycles. The SMILES string of the molecule is CC(C)CCCCCOC(=O)C(C)[O]. The van der Waals surface area contributed by atoms with E-state index in [1.54, 1.807) is 0 Å². The van der Waals surface area contributed by atoms with Crippen LogP contribution in [0.15, 0.2) is 0 Å². The van der Waals surface area contributed by atoms with E-state index in [0.29, 0.717) is 6.61 Å². The molecule has 0 aliphatic heterocycles. The Morgan fingerprint density at radius 3 is 2.29 bits per heavy atom. The van der Waals surface area contributed by atoms with Crippen LogP contribution in [0.4, 0.5) is 0 Å². The molecule has 83 valence electrons. The molecule has 3 nitrogen and oxygen atoms in total. The molecular formula is C11H21O3. The molecule has 0 aromatic carbocycles. The number of carbonyl (C=O) groups excluding carboxylic acids is 1. The third-order valence-electron chi connectivity index (χ3n) is 2.00. The second-order valence-corrected chi connectivity index (χ2v) is 4.05. The average Bonchev–Trinajstić information content (AvgIpc) is 2.09. The molecule has 0 aliphatic carbocycles. The van der Waals surface area contributed by atoms with Gasteiger partial charge in [0.05, 0.1) is 6.61 Å². The zero-order chi connectivity index (χ0) is 11.0. The Morgan fingerprint density at radius 1 is 1.14 bits per heavy atom. The van der Waals surface area contributed by atoms with Gasteiger partial charge in [-0.05, 0) is 19.3 Å². The summed E-state index contributed by atoms with van der Waals surface area (Å²) in [5, 5.41) is 10.6. The molecule has 0 rings (SSSR count). The van der Waals surface area contributed by atoms with Gasteiger partial charge >= 0.3 is 5.97 Å². The van der Waals surface area contributed by atoms with Crippen LogP contribution in [-0.4, -0.2) is 18.7 Å². The van der Waals surface area contributed by atoms with Crippen molar-refractivity contribution >= 4 is 5.97 Å². The van der Waals surface area contributed by atoms with Crippen LogP contribution in [0.3, 0.4) is 0 Å².